The second kappa shape index (κ2) is 7.85. The number of carbonyl (C=O) groups is 1. The molecule has 0 saturated carbocycles. The van der Waals surface area contributed by atoms with Crippen LogP contribution >= 0.6 is 0 Å². The Morgan fingerprint density at radius 1 is 1.19 bits per heavy atom. The van der Waals surface area contributed by atoms with Crippen molar-refractivity contribution < 1.29 is 4.79 Å². The topological polar surface area (TPSA) is 72.2 Å². The van der Waals surface area contributed by atoms with Crippen molar-refractivity contribution in [3.05, 3.63) is 75.8 Å². The highest BCUT2D eigenvalue weighted by Gasteiger charge is 2.38. The molecular weight excluding hydrogens is 388 g/mol. The number of amides is 1. The van der Waals surface area contributed by atoms with Crippen LogP contribution in [0.4, 0.5) is 0 Å². The van der Waals surface area contributed by atoms with E-state index in [1.165, 1.54) is 22.1 Å². The first-order valence-electron chi connectivity index (χ1n) is 11.1. The number of H-pyrrole nitrogens is 2. The molecule has 2 aromatic heterocycles. The Hall–Kier alpha value is -3.12. The van der Waals surface area contributed by atoms with Gasteiger partial charge >= 0.3 is 0 Å². The molecule has 6 heteroatoms. The highest BCUT2D eigenvalue weighted by atomic mass is 16.2. The monoisotopic (exact) mass is 416 g/mol. The zero-order chi connectivity index (χ0) is 21.5. The molecule has 0 radical (unpaired) electrons. The van der Waals surface area contributed by atoms with Gasteiger partial charge in [0.15, 0.2) is 0 Å². The minimum absolute atomic E-state index is 0.0950. The Labute approximate surface area is 181 Å². The van der Waals surface area contributed by atoms with Crippen molar-refractivity contribution in [2.75, 3.05) is 19.6 Å². The van der Waals surface area contributed by atoms with Crippen LogP contribution in [0.5, 0.6) is 0 Å². The highest BCUT2D eigenvalue weighted by molar-refractivity contribution is 5.99. The van der Waals surface area contributed by atoms with Gasteiger partial charge in [-0.2, -0.15) is 0 Å². The number of hydrogen-bond acceptors (Lipinski definition) is 3. The van der Waals surface area contributed by atoms with Crippen LogP contribution in [0.1, 0.15) is 30.5 Å². The van der Waals surface area contributed by atoms with Crippen LogP contribution in [0.25, 0.3) is 16.5 Å². The minimum Gasteiger partial charge on any atom is -0.361 e. The van der Waals surface area contributed by atoms with Gasteiger partial charge in [0.2, 0.25) is 11.5 Å². The Morgan fingerprint density at radius 3 is 2.81 bits per heavy atom. The summed E-state index contributed by atoms with van der Waals surface area (Å²) in [5.74, 6) is -0.0113. The van der Waals surface area contributed by atoms with E-state index in [4.69, 9.17) is 0 Å². The molecule has 1 aromatic carbocycles. The van der Waals surface area contributed by atoms with Crippen molar-refractivity contribution >= 4 is 22.4 Å². The Balaban J connectivity index is 1.59. The number of rotatable bonds is 5. The first kappa shape index (κ1) is 19.8. The molecule has 6 nitrogen and oxygen atoms in total. The Bertz CT molecular complexity index is 1220. The van der Waals surface area contributed by atoms with E-state index in [0.717, 1.165) is 17.5 Å². The van der Waals surface area contributed by atoms with Crippen LogP contribution in [0.2, 0.25) is 0 Å². The molecule has 3 heterocycles. The number of nitrogens with one attached hydrogen (secondary N) is 2. The molecule has 2 atom stereocenters. The van der Waals surface area contributed by atoms with E-state index >= 15 is 0 Å². The molecule has 1 aliphatic carbocycles. The zero-order valence-electron chi connectivity index (χ0n) is 18.0. The number of aromatic amines is 2. The molecule has 2 N–H and O–H groups in total. The predicted octanol–water partition coefficient (Wildman–Crippen LogP) is 3.16. The van der Waals surface area contributed by atoms with E-state index in [-0.39, 0.29) is 23.4 Å². The van der Waals surface area contributed by atoms with Crippen LogP contribution in [0.3, 0.4) is 0 Å². The van der Waals surface area contributed by atoms with E-state index in [1.54, 1.807) is 12.3 Å². The smallest absolute Gasteiger partial charge is 0.248 e. The van der Waals surface area contributed by atoms with E-state index in [9.17, 15) is 9.59 Å². The normalized spacial score (nSPS) is 20.4. The number of hydrogen-bond donors (Lipinski definition) is 2. The first-order chi connectivity index (χ1) is 15.1. The van der Waals surface area contributed by atoms with Gasteiger partial charge in [-0.1, -0.05) is 18.2 Å². The number of carbonyl (C=O) groups excluding carboxylic acids is 1. The van der Waals surface area contributed by atoms with Gasteiger partial charge in [-0.15, -0.1) is 0 Å². The van der Waals surface area contributed by atoms with Crippen molar-refractivity contribution in [2.24, 2.45) is 5.92 Å². The second-order valence-electron chi connectivity index (χ2n) is 8.49. The van der Waals surface area contributed by atoms with Gasteiger partial charge in [-0.05, 0) is 54.7 Å². The van der Waals surface area contributed by atoms with E-state index in [2.05, 4.69) is 45.3 Å². The van der Waals surface area contributed by atoms with Crippen LogP contribution in [-0.2, 0) is 17.8 Å². The largest absolute Gasteiger partial charge is 0.361 e. The lowest BCUT2D eigenvalue weighted by Crippen LogP contribution is -2.49. The fourth-order valence-corrected chi connectivity index (χ4v) is 5.25. The van der Waals surface area contributed by atoms with Crippen molar-refractivity contribution in [2.45, 2.75) is 32.9 Å². The van der Waals surface area contributed by atoms with Crippen LogP contribution in [0, 0.1) is 5.92 Å². The molecule has 31 heavy (non-hydrogen) atoms. The average molecular weight is 417 g/mol. The van der Waals surface area contributed by atoms with Gasteiger partial charge in [0, 0.05) is 61.6 Å². The summed E-state index contributed by atoms with van der Waals surface area (Å²) < 4.78 is 0. The maximum atomic E-state index is 13.3. The van der Waals surface area contributed by atoms with Crippen molar-refractivity contribution in [1.29, 1.82) is 0 Å². The summed E-state index contributed by atoms with van der Waals surface area (Å²) in [5, 5.41) is 1.28. The molecule has 1 amide bonds. The number of nitrogens with zero attached hydrogens (tertiary/aromatic N) is 2. The lowest BCUT2D eigenvalue weighted by Gasteiger charge is -2.42. The van der Waals surface area contributed by atoms with Crippen molar-refractivity contribution in [1.82, 2.24) is 19.8 Å². The highest BCUT2D eigenvalue weighted by Crippen LogP contribution is 2.41. The third-order valence-corrected chi connectivity index (χ3v) is 6.74. The van der Waals surface area contributed by atoms with Crippen LogP contribution < -0.4 is 5.56 Å². The quantitative estimate of drug-likeness (QED) is 0.671. The molecule has 3 aromatic rings. The molecule has 0 bridgehead atoms. The fourth-order valence-electron chi connectivity index (χ4n) is 5.25. The minimum atomic E-state index is -0.191. The number of fused-ring (bicyclic) bond motifs is 2. The fraction of sp³-hybridized carbons (Fsp3) is 0.360. The van der Waals surface area contributed by atoms with E-state index < -0.39 is 0 Å². The molecule has 0 fully saturated rings. The molecule has 5 rings (SSSR count). The summed E-state index contributed by atoms with van der Waals surface area (Å²) in [6.07, 6.45) is 6.93. The maximum Gasteiger partial charge on any atom is 0.248 e. The van der Waals surface area contributed by atoms with E-state index in [0.29, 0.717) is 26.2 Å². The molecule has 0 unspecified atom stereocenters. The van der Waals surface area contributed by atoms with Crippen LogP contribution in [-0.4, -0.2) is 51.4 Å². The van der Waals surface area contributed by atoms with E-state index in [1.807, 2.05) is 24.8 Å². The molecule has 1 aliphatic heterocycles. The van der Waals surface area contributed by atoms with Crippen LogP contribution in [0.15, 0.2) is 53.6 Å². The van der Waals surface area contributed by atoms with Gasteiger partial charge in [-0.25, -0.2) is 0 Å². The third kappa shape index (κ3) is 3.41. The Kier molecular flexibility index (Phi) is 5.02. The third-order valence-electron chi connectivity index (χ3n) is 6.74. The summed E-state index contributed by atoms with van der Waals surface area (Å²) in [5.41, 5.74) is 5.79. The van der Waals surface area contributed by atoms with Gasteiger partial charge in [0.25, 0.3) is 0 Å². The molecule has 0 spiro atoms. The second-order valence-corrected chi connectivity index (χ2v) is 8.49. The molecule has 2 aliphatic rings. The van der Waals surface area contributed by atoms with Crippen molar-refractivity contribution in [3.8, 4) is 0 Å². The summed E-state index contributed by atoms with van der Waals surface area (Å²) in [7, 11) is 0. The summed E-state index contributed by atoms with van der Waals surface area (Å²) >= 11 is 0. The van der Waals surface area contributed by atoms with Gasteiger partial charge in [0.1, 0.15) is 0 Å². The zero-order valence-corrected chi connectivity index (χ0v) is 18.0. The van der Waals surface area contributed by atoms with Gasteiger partial charge in [-0.3, -0.25) is 14.5 Å². The standard InChI is InChI=1S/C25H28N4O2/c1-3-28(4-2)25(31)18-11-20-19-6-5-7-21-24(19)17(13-27-21)12-22(20)29(15-18)14-16-8-9-26-23(30)10-16/h5-11,13,18,22,27H,3-4,12,14-15H2,1-2H3,(H,26,30)/t18-,22-/m1/s1. The molecular formula is C25H28N4O2. The first-order valence-corrected chi connectivity index (χ1v) is 11.1. The summed E-state index contributed by atoms with van der Waals surface area (Å²) in [6.45, 7) is 6.78. The number of benzene rings is 1. The summed E-state index contributed by atoms with van der Waals surface area (Å²) in [4.78, 5) is 35.6. The molecule has 0 saturated heterocycles. The number of aromatic nitrogens is 2. The lowest BCUT2D eigenvalue weighted by atomic mass is 9.79. The molecule has 160 valence electrons. The average Bonchev–Trinajstić information content (AvgIpc) is 3.19. The Morgan fingerprint density at radius 2 is 2.03 bits per heavy atom. The predicted molar refractivity (Wildman–Crippen MR) is 123 cm³/mol. The SMILES string of the molecule is CCN(CC)C(=O)[C@@H]1C=C2c3cccc4[nH]cc(c34)C[C@H]2N(Cc2cc[nH]c(=O)c2)C1. The summed E-state index contributed by atoms with van der Waals surface area (Å²) in [6, 6.07) is 10.2. The van der Waals surface area contributed by atoms with Crippen molar-refractivity contribution in [3.63, 3.8) is 0 Å². The lowest BCUT2D eigenvalue weighted by molar-refractivity contribution is -0.134. The number of pyridine rings is 1. The van der Waals surface area contributed by atoms with Gasteiger partial charge < -0.3 is 14.9 Å². The maximum absolute atomic E-state index is 13.3. The van der Waals surface area contributed by atoms with Gasteiger partial charge in [0.05, 0.1) is 5.92 Å².